The zero-order valence-electron chi connectivity index (χ0n) is 12.0. The molecule has 3 N–H and O–H groups in total. The molecule has 106 valence electrons. The zero-order chi connectivity index (χ0) is 15.4. The second-order valence-corrected chi connectivity index (χ2v) is 5.01. The number of aryl methyl sites for hydroxylation is 1. The third-order valence-corrected chi connectivity index (χ3v) is 3.30. The van der Waals surface area contributed by atoms with Crippen molar-refractivity contribution in [2.45, 2.75) is 13.3 Å². The van der Waals surface area contributed by atoms with Crippen LogP contribution in [0.5, 0.6) is 0 Å². The number of rotatable bonds is 5. The van der Waals surface area contributed by atoms with Crippen molar-refractivity contribution in [3.05, 3.63) is 77.4 Å². The third-order valence-electron chi connectivity index (χ3n) is 3.30. The molecule has 0 aromatic heterocycles. The van der Waals surface area contributed by atoms with E-state index in [4.69, 9.17) is 11.1 Å². The molecule has 0 amide bonds. The van der Waals surface area contributed by atoms with Gasteiger partial charge in [-0.1, -0.05) is 36.9 Å². The van der Waals surface area contributed by atoms with Gasteiger partial charge in [0, 0.05) is 23.2 Å². The number of ketones is 1. The van der Waals surface area contributed by atoms with Gasteiger partial charge in [-0.3, -0.25) is 10.2 Å². The van der Waals surface area contributed by atoms with E-state index in [1.54, 1.807) is 0 Å². The lowest BCUT2D eigenvalue weighted by molar-refractivity contribution is -0.114. The fourth-order valence-electron chi connectivity index (χ4n) is 2.18. The Bertz CT molecular complexity index is 717. The molecule has 0 aliphatic heterocycles. The molecule has 0 aliphatic carbocycles. The highest BCUT2D eigenvalue weighted by molar-refractivity contribution is 6.14. The van der Waals surface area contributed by atoms with Gasteiger partial charge in [-0.05, 0) is 36.3 Å². The van der Waals surface area contributed by atoms with E-state index in [-0.39, 0.29) is 5.78 Å². The van der Waals surface area contributed by atoms with Crippen LogP contribution in [0, 0.1) is 12.3 Å². The lowest BCUT2D eigenvalue weighted by atomic mass is 9.97. The fourth-order valence-corrected chi connectivity index (χ4v) is 2.18. The highest BCUT2D eigenvalue weighted by atomic mass is 16.1. The van der Waals surface area contributed by atoms with Crippen molar-refractivity contribution in [1.29, 1.82) is 5.41 Å². The van der Waals surface area contributed by atoms with Gasteiger partial charge in [0.1, 0.15) is 0 Å². The highest BCUT2D eigenvalue weighted by Gasteiger charge is 2.09. The van der Waals surface area contributed by atoms with Crippen molar-refractivity contribution in [3.8, 4) is 0 Å². The van der Waals surface area contributed by atoms with E-state index in [2.05, 4.69) is 6.58 Å². The molecule has 0 saturated heterocycles. The largest absolute Gasteiger partial charge is 0.398 e. The van der Waals surface area contributed by atoms with Crippen LogP contribution in [0.15, 0.2) is 55.1 Å². The molecule has 0 heterocycles. The average Bonchev–Trinajstić information content (AvgIpc) is 2.47. The minimum atomic E-state index is -0.0338. The molecule has 21 heavy (non-hydrogen) atoms. The van der Waals surface area contributed by atoms with E-state index < -0.39 is 0 Å². The Morgan fingerprint density at radius 2 is 2.05 bits per heavy atom. The van der Waals surface area contributed by atoms with Gasteiger partial charge in [0.05, 0.1) is 5.71 Å². The first kappa shape index (κ1) is 14.7. The molecule has 0 atom stereocenters. The van der Waals surface area contributed by atoms with Crippen LogP contribution in [0.25, 0.3) is 0 Å². The van der Waals surface area contributed by atoms with Crippen LogP contribution in [0.1, 0.15) is 22.3 Å². The topological polar surface area (TPSA) is 66.9 Å². The summed E-state index contributed by atoms with van der Waals surface area (Å²) in [5, 5.41) is 8.32. The van der Waals surface area contributed by atoms with Gasteiger partial charge < -0.3 is 5.73 Å². The Morgan fingerprint density at radius 1 is 1.29 bits per heavy atom. The van der Waals surface area contributed by atoms with Crippen LogP contribution in [0.3, 0.4) is 0 Å². The number of allylic oxidation sites excluding steroid dienone is 1. The SMILES string of the molecule is C=CC(=O)Cc1cccc(C(=N)c2ccc(C)cc2N)c1. The lowest BCUT2D eigenvalue weighted by Crippen LogP contribution is -2.07. The van der Waals surface area contributed by atoms with Gasteiger partial charge in [-0.25, -0.2) is 0 Å². The van der Waals surface area contributed by atoms with Gasteiger partial charge in [-0.15, -0.1) is 0 Å². The predicted octanol–water partition coefficient (Wildman–Crippen LogP) is 3.29. The van der Waals surface area contributed by atoms with Crippen LogP contribution >= 0.6 is 0 Å². The normalized spacial score (nSPS) is 10.1. The molecule has 0 spiro atoms. The maximum Gasteiger partial charge on any atom is 0.159 e. The summed E-state index contributed by atoms with van der Waals surface area (Å²) in [6.45, 7) is 5.44. The Balaban J connectivity index is 2.33. The number of benzene rings is 2. The minimum Gasteiger partial charge on any atom is -0.398 e. The van der Waals surface area contributed by atoms with Crippen LogP contribution in [-0.4, -0.2) is 11.5 Å². The first-order chi connectivity index (χ1) is 10.0. The van der Waals surface area contributed by atoms with Gasteiger partial charge in [-0.2, -0.15) is 0 Å². The number of hydrogen-bond donors (Lipinski definition) is 2. The van der Waals surface area contributed by atoms with Crippen LogP contribution in [0.2, 0.25) is 0 Å². The molecular weight excluding hydrogens is 260 g/mol. The number of nitrogens with one attached hydrogen (secondary N) is 1. The molecule has 0 fully saturated rings. The van der Waals surface area contributed by atoms with Crippen LogP contribution in [-0.2, 0) is 11.2 Å². The first-order valence-corrected chi connectivity index (χ1v) is 6.71. The fraction of sp³-hybridized carbons (Fsp3) is 0.111. The van der Waals surface area contributed by atoms with E-state index in [0.717, 1.165) is 16.7 Å². The van der Waals surface area contributed by atoms with Crippen molar-refractivity contribution < 1.29 is 4.79 Å². The summed E-state index contributed by atoms with van der Waals surface area (Å²) in [5.74, 6) is -0.0338. The van der Waals surface area contributed by atoms with Crippen LogP contribution in [0.4, 0.5) is 5.69 Å². The number of carbonyl (C=O) groups excluding carboxylic acids is 1. The number of nitrogens with two attached hydrogens (primary N) is 1. The highest BCUT2D eigenvalue weighted by Crippen LogP contribution is 2.19. The van der Waals surface area contributed by atoms with Gasteiger partial charge >= 0.3 is 0 Å². The van der Waals surface area contributed by atoms with Crippen molar-refractivity contribution in [2.24, 2.45) is 0 Å². The van der Waals surface area contributed by atoms with Crippen LogP contribution < -0.4 is 5.73 Å². The molecule has 0 bridgehead atoms. The Labute approximate surface area is 124 Å². The molecule has 3 heteroatoms. The lowest BCUT2D eigenvalue weighted by Gasteiger charge is -2.10. The second kappa shape index (κ2) is 6.18. The number of nitrogen functional groups attached to an aromatic ring is 1. The van der Waals surface area contributed by atoms with E-state index in [1.165, 1.54) is 6.08 Å². The Hall–Kier alpha value is -2.68. The third kappa shape index (κ3) is 3.45. The Morgan fingerprint density at radius 3 is 2.71 bits per heavy atom. The molecule has 2 aromatic rings. The maximum atomic E-state index is 11.4. The summed E-state index contributed by atoms with van der Waals surface area (Å²) >= 11 is 0. The quantitative estimate of drug-likeness (QED) is 0.500. The zero-order valence-corrected chi connectivity index (χ0v) is 12.0. The Kier molecular flexibility index (Phi) is 4.33. The number of hydrogen-bond acceptors (Lipinski definition) is 3. The van der Waals surface area contributed by atoms with Crippen molar-refractivity contribution in [2.75, 3.05) is 5.73 Å². The summed E-state index contributed by atoms with van der Waals surface area (Å²) in [6, 6.07) is 13.1. The molecule has 0 aliphatic rings. The molecule has 3 nitrogen and oxygen atoms in total. The van der Waals surface area contributed by atoms with Crippen molar-refractivity contribution in [1.82, 2.24) is 0 Å². The van der Waals surface area contributed by atoms with Crippen molar-refractivity contribution in [3.63, 3.8) is 0 Å². The first-order valence-electron chi connectivity index (χ1n) is 6.71. The summed E-state index contributed by atoms with van der Waals surface area (Å²) in [4.78, 5) is 11.4. The van der Waals surface area contributed by atoms with E-state index in [0.29, 0.717) is 23.4 Å². The standard InChI is InChI=1S/C18H18N2O/c1-3-15(21)11-13-5-4-6-14(10-13)18(20)16-8-7-12(2)9-17(16)19/h3-10,20H,1,11,19H2,2H3. The second-order valence-electron chi connectivity index (χ2n) is 5.01. The van der Waals surface area contributed by atoms with E-state index in [9.17, 15) is 4.79 Å². The van der Waals surface area contributed by atoms with Gasteiger partial charge in [0.2, 0.25) is 0 Å². The molecule has 0 unspecified atom stereocenters. The average molecular weight is 278 g/mol. The minimum absolute atomic E-state index is 0.0338. The number of anilines is 1. The monoisotopic (exact) mass is 278 g/mol. The summed E-state index contributed by atoms with van der Waals surface area (Å²) in [5.41, 5.74) is 10.3. The van der Waals surface area contributed by atoms with Gasteiger partial charge in [0.25, 0.3) is 0 Å². The van der Waals surface area contributed by atoms with Gasteiger partial charge in [0.15, 0.2) is 5.78 Å². The van der Waals surface area contributed by atoms with E-state index in [1.807, 2.05) is 49.4 Å². The smallest absolute Gasteiger partial charge is 0.159 e. The summed E-state index contributed by atoms with van der Waals surface area (Å²) < 4.78 is 0. The predicted molar refractivity (Wildman–Crippen MR) is 86.9 cm³/mol. The molecule has 2 aromatic carbocycles. The molecule has 0 saturated carbocycles. The van der Waals surface area contributed by atoms with Crippen molar-refractivity contribution >= 4 is 17.2 Å². The molecule has 2 rings (SSSR count). The van der Waals surface area contributed by atoms with E-state index >= 15 is 0 Å². The summed E-state index contributed by atoms with van der Waals surface area (Å²) in [7, 11) is 0. The summed E-state index contributed by atoms with van der Waals surface area (Å²) in [6.07, 6.45) is 1.62. The number of carbonyl (C=O) groups is 1. The molecule has 0 radical (unpaired) electrons. The maximum absolute atomic E-state index is 11.4. The molecular formula is C18H18N2O.